The summed E-state index contributed by atoms with van der Waals surface area (Å²) in [6, 6.07) is 0. The fourth-order valence-electron chi connectivity index (χ4n) is 2.65. The molecule has 0 N–H and O–H groups in total. The van der Waals surface area contributed by atoms with E-state index in [9.17, 15) is 8.42 Å². The van der Waals surface area contributed by atoms with E-state index in [0.717, 1.165) is 31.6 Å². The highest BCUT2D eigenvalue weighted by Crippen LogP contribution is 2.22. The molecule has 0 aliphatic carbocycles. The maximum Gasteiger partial charge on any atom is 0.281 e. The number of piperidine rings is 1. The molecule has 1 aliphatic heterocycles. The van der Waals surface area contributed by atoms with E-state index in [2.05, 4.69) is 16.5 Å². The molecule has 20 heavy (non-hydrogen) atoms. The second kappa shape index (κ2) is 6.24. The zero-order chi connectivity index (χ0) is 14.8. The van der Waals surface area contributed by atoms with Gasteiger partial charge >= 0.3 is 0 Å². The molecule has 0 amide bonds. The van der Waals surface area contributed by atoms with Gasteiger partial charge in [-0.1, -0.05) is 6.92 Å². The predicted molar refractivity (Wildman–Crippen MR) is 78.5 cm³/mol. The third-order valence-electron chi connectivity index (χ3n) is 3.93. The molecule has 1 saturated heterocycles. The van der Waals surface area contributed by atoms with Gasteiger partial charge in [0.15, 0.2) is 0 Å². The van der Waals surface area contributed by atoms with Crippen LogP contribution >= 0.6 is 0 Å². The van der Waals surface area contributed by atoms with Crippen LogP contribution in [-0.2, 0) is 23.2 Å². The number of hydrogen-bond donors (Lipinski definition) is 0. The maximum absolute atomic E-state index is 12.0. The van der Waals surface area contributed by atoms with Crippen molar-refractivity contribution in [2.75, 3.05) is 27.2 Å². The van der Waals surface area contributed by atoms with Gasteiger partial charge in [0.1, 0.15) is 5.82 Å². The first-order chi connectivity index (χ1) is 9.45. The fourth-order valence-corrected chi connectivity index (χ4v) is 3.79. The monoisotopic (exact) mass is 300 g/mol. The van der Waals surface area contributed by atoms with Crippen molar-refractivity contribution in [3.8, 4) is 0 Å². The zero-order valence-corrected chi connectivity index (χ0v) is 13.3. The molecule has 0 unspecified atom stereocenters. The van der Waals surface area contributed by atoms with Crippen LogP contribution in [0.15, 0.2) is 12.4 Å². The van der Waals surface area contributed by atoms with Crippen LogP contribution in [0.25, 0.3) is 0 Å². The van der Waals surface area contributed by atoms with Crippen LogP contribution in [-0.4, -0.2) is 53.8 Å². The Labute approximate surface area is 121 Å². The largest absolute Gasteiger partial charge is 0.335 e. The molecule has 0 bridgehead atoms. The summed E-state index contributed by atoms with van der Waals surface area (Å²) in [5.74, 6) is 1.64. The SMILES string of the molecule is CCc1nccn1CC1CCN(S(=O)(=O)N(C)C)CC1. The van der Waals surface area contributed by atoms with Crippen LogP contribution in [0, 0.1) is 5.92 Å². The Hall–Kier alpha value is -0.920. The van der Waals surface area contributed by atoms with E-state index in [-0.39, 0.29) is 0 Å². The number of aryl methyl sites for hydroxylation is 1. The Balaban J connectivity index is 1.92. The lowest BCUT2D eigenvalue weighted by Gasteiger charge is -2.33. The number of rotatable bonds is 5. The van der Waals surface area contributed by atoms with Gasteiger partial charge in [0.25, 0.3) is 10.2 Å². The Bertz CT molecular complexity index is 530. The van der Waals surface area contributed by atoms with Crippen molar-refractivity contribution >= 4 is 10.2 Å². The molecule has 6 nitrogen and oxygen atoms in total. The molecule has 0 radical (unpaired) electrons. The first-order valence-electron chi connectivity index (χ1n) is 7.12. The number of aromatic nitrogens is 2. The summed E-state index contributed by atoms with van der Waals surface area (Å²) in [5.41, 5.74) is 0. The second-order valence-corrected chi connectivity index (χ2v) is 7.62. The summed E-state index contributed by atoms with van der Waals surface area (Å²) in [6.07, 6.45) is 6.61. The van der Waals surface area contributed by atoms with Crippen molar-refractivity contribution in [3.05, 3.63) is 18.2 Å². The summed E-state index contributed by atoms with van der Waals surface area (Å²) in [7, 11) is -0.0832. The second-order valence-electron chi connectivity index (χ2n) is 5.48. The lowest BCUT2D eigenvalue weighted by molar-refractivity contribution is 0.243. The Morgan fingerprint density at radius 2 is 2.00 bits per heavy atom. The molecule has 1 aliphatic rings. The molecule has 7 heteroatoms. The highest BCUT2D eigenvalue weighted by molar-refractivity contribution is 7.86. The normalized spacial score (nSPS) is 18.8. The van der Waals surface area contributed by atoms with E-state index in [1.54, 1.807) is 18.4 Å². The molecular weight excluding hydrogens is 276 g/mol. The minimum Gasteiger partial charge on any atom is -0.335 e. The van der Waals surface area contributed by atoms with Gasteiger partial charge in [-0.15, -0.1) is 0 Å². The van der Waals surface area contributed by atoms with E-state index < -0.39 is 10.2 Å². The van der Waals surface area contributed by atoms with Gasteiger partial charge in [-0.05, 0) is 18.8 Å². The van der Waals surface area contributed by atoms with Crippen molar-refractivity contribution in [1.29, 1.82) is 0 Å². The zero-order valence-electron chi connectivity index (χ0n) is 12.5. The van der Waals surface area contributed by atoms with Crippen LogP contribution in [0.4, 0.5) is 0 Å². The third kappa shape index (κ3) is 3.21. The van der Waals surface area contributed by atoms with Gasteiger partial charge in [0, 0.05) is 52.5 Å². The molecule has 2 rings (SSSR count). The summed E-state index contributed by atoms with van der Waals surface area (Å²) in [6.45, 7) is 4.27. The van der Waals surface area contributed by atoms with Crippen LogP contribution < -0.4 is 0 Å². The van der Waals surface area contributed by atoms with Gasteiger partial charge in [-0.3, -0.25) is 0 Å². The minimum atomic E-state index is -3.25. The average molecular weight is 300 g/mol. The van der Waals surface area contributed by atoms with E-state index >= 15 is 0 Å². The third-order valence-corrected chi connectivity index (χ3v) is 5.87. The lowest BCUT2D eigenvalue weighted by atomic mass is 9.98. The van der Waals surface area contributed by atoms with Crippen molar-refractivity contribution in [2.45, 2.75) is 32.7 Å². The summed E-state index contributed by atoms with van der Waals surface area (Å²) >= 11 is 0. The van der Waals surface area contributed by atoms with Gasteiger partial charge in [0.2, 0.25) is 0 Å². The Morgan fingerprint density at radius 3 is 2.55 bits per heavy atom. The molecular formula is C13H24N4O2S. The number of nitrogens with zero attached hydrogens (tertiary/aromatic N) is 4. The topological polar surface area (TPSA) is 58.4 Å². The smallest absolute Gasteiger partial charge is 0.281 e. The maximum atomic E-state index is 12.0. The van der Waals surface area contributed by atoms with Gasteiger partial charge in [0.05, 0.1) is 0 Å². The van der Waals surface area contributed by atoms with Gasteiger partial charge in [-0.2, -0.15) is 17.0 Å². The predicted octanol–water partition coefficient (Wildman–Crippen LogP) is 0.964. The van der Waals surface area contributed by atoms with Crippen LogP contribution in [0.1, 0.15) is 25.6 Å². The molecule has 0 atom stereocenters. The van der Waals surface area contributed by atoms with E-state index in [4.69, 9.17) is 0 Å². The lowest BCUT2D eigenvalue weighted by Crippen LogP contribution is -2.44. The summed E-state index contributed by atoms with van der Waals surface area (Å²) in [5, 5.41) is 0. The van der Waals surface area contributed by atoms with Crippen molar-refractivity contribution in [1.82, 2.24) is 18.2 Å². The quantitative estimate of drug-likeness (QED) is 0.814. The first kappa shape index (κ1) is 15.5. The van der Waals surface area contributed by atoms with E-state index in [0.29, 0.717) is 19.0 Å². The molecule has 2 heterocycles. The van der Waals surface area contributed by atoms with Crippen LogP contribution in [0.3, 0.4) is 0 Å². The molecule has 0 spiro atoms. The first-order valence-corrected chi connectivity index (χ1v) is 8.52. The summed E-state index contributed by atoms with van der Waals surface area (Å²) < 4.78 is 29.2. The van der Waals surface area contributed by atoms with Crippen molar-refractivity contribution in [2.24, 2.45) is 5.92 Å². The molecule has 0 saturated carbocycles. The molecule has 114 valence electrons. The van der Waals surface area contributed by atoms with Crippen molar-refractivity contribution in [3.63, 3.8) is 0 Å². The highest BCUT2D eigenvalue weighted by Gasteiger charge is 2.29. The molecule has 1 aromatic heterocycles. The van der Waals surface area contributed by atoms with Gasteiger partial charge < -0.3 is 4.57 Å². The number of imidazole rings is 1. The minimum absolute atomic E-state index is 0.531. The Morgan fingerprint density at radius 1 is 1.35 bits per heavy atom. The Kier molecular flexibility index (Phi) is 4.82. The van der Waals surface area contributed by atoms with Crippen LogP contribution in [0.2, 0.25) is 0 Å². The van der Waals surface area contributed by atoms with Gasteiger partial charge in [-0.25, -0.2) is 4.98 Å². The molecule has 0 aromatic carbocycles. The average Bonchev–Trinajstić information content (AvgIpc) is 2.86. The highest BCUT2D eigenvalue weighted by atomic mass is 32.2. The van der Waals surface area contributed by atoms with E-state index in [1.807, 2.05) is 12.4 Å². The van der Waals surface area contributed by atoms with E-state index in [1.165, 1.54) is 4.31 Å². The fraction of sp³-hybridized carbons (Fsp3) is 0.769. The molecule has 1 aromatic rings. The standard InChI is InChI=1S/C13H24N4O2S/c1-4-13-14-7-10-16(13)11-12-5-8-17(9-6-12)20(18,19)15(2)3/h7,10,12H,4-6,8-9,11H2,1-3H3. The van der Waals surface area contributed by atoms with Crippen LogP contribution in [0.5, 0.6) is 0 Å². The molecule has 1 fully saturated rings. The number of hydrogen-bond acceptors (Lipinski definition) is 3. The summed E-state index contributed by atoms with van der Waals surface area (Å²) in [4.78, 5) is 4.33. The van der Waals surface area contributed by atoms with Crippen molar-refractivity contribution < 1.29 is 8.42 Å².